The fraction of sp³-hybridized carbons (Fsp3) is 0.273. The third-order valence-electron chi connectivity index (χ3n) is 2.22. The molecule has 0 aromatic heterocycles. The molecule has 0 unspecified atom stereocenters. The average molecular weight is 259 g/mol. The maximum atomic E-state index is 12.9. The van der Waals surface area contributed by atoms with Gasteiger partial charge in [-0.25, -0.2) is 4.79 Å². The first kappa shape index (κ1) is 13.9. The molecule has 7 heteroatoms. The van der Waals surface area contributed by atoms with Crippen LogP contribution in [0.3, 0.4) is 0 Å². The van der Waals surface area contributed by atoms with Crippen LogP contribution in [0.2, 0.25) is 0 Å². The second-order valence-corrected chi connectivity index (χ2v) is 3.73. The fourth-order valence-corrected chi connectivity index (χ4v) is 1.43. The van der Waals surface area contributed by atoms with E-state index in [1.807, 2.05) is 0 Å². The molecule has 0 aliphatic carbocycles. The first-order valence-corrected chi connectivity index (χ1v) is 4.86. The number of carboxylic acid groups (broad SMARTS) is 1. The van der Waals surface area contributed by atoms with E-state index in [9.17, 15) is 18.4 Å². The van der Waals surface area contributed by atoms with Gasteiger partial charge in [-0.05, 0) is 37.1 Å². The van der Waals surface area contributed by atoms with Gasteiger partial charge >= 0.3 is 12.1 Å². The molecule has 0 spiro atoms. The molecule has 1 aromatic rings. The second-order valence-electron chi connectivity index (χ2n) is 3.73. The highest BCUT2D eigenvalue weighted by atomic mass is 19.3. The lowest BCUT2D eigenvalue weighted by molar-refractivity contribution is -0.211. The molecule has 0 aliphatic heterocycles. The van der Waals surface area contributed by atoms with Crippen LogP contribution < -0.4 is 10.5 Å². The quantitative estimate of drug-likeness (QED) is 0.856. The number of alkyl halides is 2. The van der Waals surface area contributed by atoms with Crippen molar-refractivity contribution in [1.29, 1.82) is 0 Å². The first-order chi connectivity index (χ1) is 8.15. The zero-order chi connectivity index (χ0) is 14.1. The van der Waals surface area contributed by atoms with Crippen molar-refractivity contribution in [2.75, 3.05) is 0 Å². The summed E-state index contributed by atoms with van der Waals surface area (Å²) in [5, 5.41) is 8.28. The summed E-state index contributed by atoms with van der Waals surface area (Å²) in [6.45, 7) is 2.82. The minimum atomic E-state index is -4.33. The van der Waals surface area contributed by atoms with E-state index in [1.54, 1.807) is 0 Å². The van der Waals surface area contributed by atoms with Crippen LogP contribution in [0.1, 0.15) is 21.5 Å². The Hall–Kier alpha value is -2.18. The second kappa shape index (κ2) is 4.59. The molecule has 3 N–H and O–H groups in total. The van der Waals surface area contributed by atoms with Gasteiger partial charge in [0.1, 0.15) is 5.75 Å². The molecule has 0 bridgehead atoms. The number of benzene rings is 1. The highest BCUT2D eigenvalue weighted by Crippen LogP contribution is 2.30. The molecular weight excluding hydrogens is 248 g/mol. The van der Waals surface area contributed by atoms with E-state index in [0.29, 0.717) is 0 Å². The summed E-state index contributed by atoms with van der Waals surface area (Å²) in [5.41, 5.74) is 5.59. The summed E-state index contributed by atoms with van der Waals surface area (Å²) in [6, 6.07) is 2.51. The van der Waals surface area contributed by atoms with E-state index in [-0.39, 0.29) is 22.4 Å². The molecule has 0 aliphatic rings. The van der Waals surface area contributed by atoms with Crippen LogP contribution in [0.5, 0.6) is 5.75 Å². The smallest absolute Gasteiger partial charge is 0.474 e. The molecule has 5 nitrogen and oxygen atoms in total. The Morgan fingerprint density at radius 1 is 1.28 bits per heavy atom. The maximum Gasteiger partial charge on any atom is 0.501 e. The number of aliphatic carboxylic acids is 1. The van der Waals surface area contributed by atoms with Gasteiger partial charge in [0, 0.05) is 5.56 Å². The van der Waals surface area contributed by atoms with Crippen LogP contribution in [-0.2, 0) is 4.79 Å². The number of carbonyl (C=O) groups is 2. The van der Waals surface area contributed by atoms with Crippen LogP contribution in [-0.4, -0.2) is 23.1 Å². The standard InChI is InChI=1S/C11H11F2NO4/c1-5-3-7(9(14)15)4-6(2)8(5)18-11(12,13)10(16)17/h3-4H,1-2H3,(H2,14,15)(H,16,17). The van der Waals surface area contributed by atoms with Gasteiger partial charge in [0.2, 0.25) is 5.91 Å². The van der Waals surface area contributed by atoms with E-state index >= 15 is 0 Å². The molecule has 98 valence electrons. The van der Waals surface area contributed by atoms with Crippen molar-refractivity contribution in [2.24, 2.45) is 5.73 Å². The number of aryl methyl sites for hydroxylation is 2. The summed E-state index contributed by atoms with van der Waals surface area (Å²) in [5.74, 6) is -3.38. The van der Waals surface area contributed by atoms with Crippen LogP contribution in [0.15, 0.2) is 12.1 Å². The van der Waals surface area contributed by atoms with Gasteiger partial charge in [-0.1, -0.05) is 0 Å². The number of carbonyl (C=O) groups excluding carboxylic acids is 1. The van der Waals surface area contributed by atoms with E-state index in [2.05, 4.69) is 4.74 Å². The van der Waals surface area contributed by atoms with Crippen molar-refractivity contribution in [3.8, 4) is 5.75 Å². The summed E-state index contributed by atoms with van der Waals surface area (Å²) in [6.07, 6.45) is -4.33. The molecule has 0 radical (unpaired) electrons. The predicted molar refractivity (Wildman–Crippen MR) is 57.6 cm³/mol. The number of amides is 1. The predicted octanol–water partition coefficient (Wildman–Crippen LogP) is 1.46. The lowest BCUT2D eigenvalue weighted by Gasteiger charge is -2.17. The van der Waals surface area contributed by atoms with E-state index < -0.39 is 18.0 Å². The topological polar surface area (TPSA) is 89.6 Å². The van der Waals surface area contributed by atoms with Gasteiger partial charge in [-0.3, -0.25) is 4.79 Å². The molecule has 0 atom stereocenters. The van der Waals surface area contributed by atoms with Crippen LogP contribution in [0.25, 0.3) is 0 Å². The minimum absolute atomic E-state index is 0.135. The first-order valence-electron chi connectivity index (χ1n) is 4.86. The van der Waals surface area contributed by atoms with Crippen LogP contribution >= 0.6 is 0 Å². The van der Waals surface area contributed by atoms with Gasteiger partial charge in [0.15, 0.2) is 0 Å². The molecule has 0 saturated heterocycles. The monoisotopic (exact) mass is 259 g/mol. The summed E-state index contributed by atoms with van der Waals surface area (Å²) < 4.78 is 30.1. The van der Waals surface area contributed by atoms with E-state index in [0.717, 1.165) is 0 Å². The molecule has 1 aromatic carbocycles. The number of rotatable bonds is 4. The third kappa shape index (κ3) is 2.73. The highest BCUT2D eigenvalue weighted by Gasteiger charge is 2.43. The Morgan fingerprint density at radius 3 is 2.06 bits per heavy atom. The number of nitrogens with two attached hydrogens (primary N) is 1. The van der Waals surface area contributed by atoms with Crippen molar-refractivity contribution in [3.63, 3.8) is 0 Å². The number of hydrogen-bond donors (Lipinski definition) is 2. The normalized spacial score (nSPS) is 11.1. The Labute approximate surface area is 101 Å². The van der Waals surface area contributed by atoms with Gasteiger partial charge in [-0.15, -0.1) is 0 Å². The molecule has 0 saturated carbocycles. The average Bonchev–Trinajstić information content (AvgIpc) is 2.22. The third-order valence-corrected chi connectivity index (χ3v) is 2.22. The number of hydrogen-bond acceptors (Lipinski definition) is 3. The highest BCUT2D eigenvalue weighted by molar-refractivity contribution is 5.93. The number of halogens is 2. The maximum absolute atomic E-state index is 12.9. The zero-order valence-corrected chi connectivity index (χ0v) is 9.66. The van der Waals surface area contributed by atoms with Crippen molar-refractivity contribution in [1.82, 2.24) is 0 Å². The van der Waals surface area contributed by atoms with Crippen LogP contribution in [0, 0.1) is 13.8 Å². The Morgan fingerprint density at radius 2 is 1.72 bits per heavy atom. The summed E-state index contributed by atoms with van der Waals surface area (Å²) in [7, 11) is 0. The summed E-state index contributed by atoms with van der Waals surface area (Å²) in [4.78, 5) is 21.2. The lowest BCUT2D eigenvalue weighted by Crippen LogP contribution is -2.35. The molecule has 1 amide bonds. The van der Waals surface area contributed by atoms with Gasteiger partial charge < -0.3 is 15.6 Å². The van der Waals surface area contributed by atoms with Gasteiger partial charge in [0.25, 0.3) is 0 Å². The molecule has 0 fully saturated rings. The van der Waals surface area contributed by atoms with Crippen LogP contribution in [0.4, 0.5) is 8.78 Å². The number of carboxylic acids is 1. The number of primary amides is 1. The minimum Gasteiger partial charge on any atom is -0.474 e. The molecular formula is C11H11F2NO4. The Kier molecular flexibility index (Phi) is 3.54. The van der Waals surface area contributed by atoms with E-state index in [1.165, 1.54) is 26.0 Å². The number of ether oxygens (including phenoxy) is 1. The Bertz CT molecular complexity index is 491. The molecule has 0 heterocycles. The molecule has 1 rings (SSSR count). The molecule has 18 heavy (non-hydrogen) atoms. The van der Waals surface area contributed by atoms with Gasteiger partial charge in [-0.2, -0.15) is 8.78 Å². The zero-order valence-electron chi connectivity index (χ0n) is 9.66. The Balaban J connectivity index is 3.20. The van der Waals surface area contributed by atoms with Crippen molar-refractivity contribution in [3.05, 3.63) is 28.8 Å². The van der Waals surface area contributed by atoms with Gasteiger partial charge in [0.05, 0.1) is 0 Å². The SMILES string of the molecule is Cc1cc(C(N)=O)cc(C)c1OC(F)(F)C(=O)O. The van der Waals surface area contributed by atoms with E-state index in [4.69, 9.17) is 10.8 Å². The van der Waals surface area contributed by atoms with Crippen molar-refractivity contribution < 1.29 is 28.2 Å². The summed E-state index contributed by atoms with van der Waals surface area (Å²) >= 11 is 0. The largest absolute Gasteiger partial charge is 0.501 e. The van der Waals surface area contributed by atoms with Crippen molar-refractivity contribution >= 4 is 11.9 Å². The van der Waals surface area contributed by atoms with Crippen molar-refractivity contribution in [2.45, 2.75) is 20.0 Å². The lowest BCUT2D eigenvalue weighted by atomic mass is 10.1. The fourth-order valence-electron chi connectivity index (χ4n) is 1.43.